The van der Waals surface area contributed by atoms with Gasteiger partial charge in [0.1, 0.15) is 11.7 Å². The van der Waals surface area contributed by atoms with Gasteiger partial charge >= 0.3 is 5.97 Å². The fraction of sp³-hybridized carbons (Fsp3) is 0.500. The van der Waals surface area contributed by atoms with Crippen LogP contribution in [0.1, 0.15) is 40.6 Å². The van der Waals surface area contributed by atoms with Gasteiger partial charge in [-0.2, -0.15) is 0 Å². The van der Waals surface area contributed by atoms with E-state index < -0.39 is 17.9 Å². The molecular formula is C14H18N2O5. The number of aromatic nitrogens is 1. The first-order valence-corrected chi connectivity index (χ1v) is 6.80. The molecule has 0 bridgehead atoms. The fourth-order valence-corrected chi connectivity index (χ4v) is 2.36. The zero-order valence-electron chi connectivity index (χ0n) is 11.7. The lowest BCUT2D eigenvalue weighted by Gasteiger charge is -2.27. The Hall–Kier alpha value is -2.15. The van der Waals surface area contributed by atoms with Crippen LogP contribution in [-0.4, -0.2) is 47.0 Å². The highest BCUT2D eigenvalue weighted by Crippen LogP contribution is 2.18. The number of carbonyl (C=O) groups is 3. The molecule has 7 nitrogen and oxygen atoms in total. The number of carboxylic acids is 1. The topological polar surface area (TPSA) is 108 Å². The number of aliphatic carboxylic acids is 1. The highest BCUT2D eigenvalue weighted by atomic mass is 16.5. The molecule has 3 N–H and O–H groups in total. The van der Waals surface area contributed by atoms with Gasteiger partial charge in [-0.25, -0.2) is 4.79 Å². The molecular weight excluding hydrogens is 276 g/mol. The van der Waals surface area contributed by atoms with Crippen molar-refractivity contribution in [3.63, 3.8) is 0 Å². The molecule has 114 valence electrons. The van der Waals surface area contributed by atoms with E-state index in [0.717, 1.165) is 6.42 Å². The molecule has 0 aromatic carbocycles. The van der Waals surface area contributed by atoms with Crippen LogP contribution in [0.3, 0.4) is 0 Å². The van der Waals surface area contributed by atoms with E-state index in [-0.39, 0.29) is 17.4 Å². The second-order valence-electron chi connectivity index (χ2n) is 5.12. The Labute approximate surface area is 121 Å². The van der Waals surface area contributed by atoms with E-state index in [1.165, 1.54) is 19.2 Å². The maximum Gasteiger partial charge on any atom is 0.326 e. The Morgan fingerprint density at radius 2 is 2.24 bits per heavy atom. The minimum atomic E-state index is -1.09. The van der Waals surface area contributed by atoms with E-state index in [1.807, 2.05) is 0 Å². The molecule has 1 aromatic rings. The molecule has 0 radical (unpaired) electrons. The van der Waals surface area contributed by atoms with Crippen molar-refractivity contribution in [1.29, 1.82) is 0 Å². The lowest BCUT2D eigenvalue weighted by atomic mass is 9.93. The lowest BCUT2D eigenvalue weighted by Crippen LogP contribution is -2.48. The molecule has 2 rings (SSSR count). The summed E-state index contributed by atoms with van der Waals surface area (Å²) in [5.41, 5.74) is 0.552. The number of aromatic amines is 1. The van der Waals surface area contributed by atoms with Crippen LogP contribution in [0.4, 0.5) is 0 Å². The van der Waals surface area contributed by atoms with Gasteiger partial charge in [0.2, 0.25) is 0 Å². The van der Waals surface area contributed by atoms with Crippen molar-refractivity contribution in [2.45, 2.75) is 25.8 Å². The van der Waals surface area contributed by atoms with Crippen molar-refractivity contribution in [3.05, 3.63) is 23.5 Å². The molecule has 2 unspecified atom stereocenters. The Bertz CT molecular complexity index is 545. The standard InChI is InChI=1S/C14H18N2O5/c1-8(17)10-5-11(15-6-10)13(18)16-12(14(19)20)9-3-2-4-21-7-9/h5-6,9,12,15H,2-4,7H2,1H3,(H,16,18)(H,19,20). The Morgan fingerprint density at radius 1 is 1.48 bits per heavy atom. The quantitative estimate of drug-likeness (QED) is 0.697. The first-order valence-electron chi connectivity index (χ1n) is 6.80. The molecule has 1 fully saturated rings. The number of hydrogen-bond donors (Lipinski definition) is 3. The monoisotopic (exact) mass is 294 g/mol. The summed E-state index contributed by atoms with van der Waals surface area (Å²) in [6, 6.07) is 0.412. The van der Waals surface area contributed by atoms with Crippen LogP contribution in [0.25, 0.3) is 0 Å². The first kappa shape index (κ1) is 15.2. The molecule has 0 saturated carbocycles. The summed E-state index contributed by atoms with van der Waals surface area (Å²) in [4.78, 5) is 37.3. The van der Waals surface area contributed by atoms with E-state index in [9.17, 15) is 19.5 Å². The van der Waals surface area contributed by atoms with Crippen molar-refractivity contribution < 1.29 is 24.2 Å². The number of Topliss-reactive ketones (excluding diaryl/α,β-unsaturated/α-hetero) is 1. The van der Waals surface area contributed by atoms with Gasteiger partial charge in [-0.15, -0.1) is 0 Å². The van der Waals surface area contributed by atoms with Gasteiger partial charge in [-0.1, -0.05) is 0 Å². The van der Waals surface area contributed by atoms with Crippen LogP contribution < -0.4 is 5.32 Å². The van der Waals surface area contributed by atoms with Crippen LogP contribution in [0.15, 0.2) is 12.3 Å². The third kappa shape index (κ3) is 3.69. The van der Waals surface area contributed by atoms with Crippen molar-refractivity contribution in [1.82, 2.24) is 10.3 Å². The summed E-state index contributed by atoms with van der Waals surface area (Å²) in [5.74, 6) is -2.04. The smallest absolute Gasteiger partial charge is 0.326 e. The molecule has 2 heterocycles. The van der Waals surface area contributed by atoms with Crippen LogP contribution >= 0.6 is 0 Å². The zero-order chi connectivity index (χ0) is 15.4. The maximum absolute atomic E-state index is 12.1. The average Bonchev–Trinajstić information content (AvgIpc) is 2.95. The number of rotatable bonds is 5. The highest BCUT2D eigenvalue weighted by molar-refractivity contribution is 6.00. The SMILES string of the molecule is CC(=O)c1c[nH]c(C(=O)NC(C(=O)O)C2CCCOC2)c1. The predicted octanol–water partition coefficient (Wildman–Crippen LogP) is 0.827. The fourth-order valence-electron chi connectivity index (χ4n) is 2.36. The molecule has 0 spiro atoms. The molecule has 7 heteroatoms. The normalized spacial score (nSPS) is 19.8. The average molecular weight is 294 g/mol. The van der Waals surface area contributed by atoms with Gasteiger partial charge in [0.25, 0.3) is 5.91 Å². The Kier molecular flexibility index (Phi) is 4.74. The minimum absolute atomic E-state index is 0.166. The molecule has 1 aliphatic rings. The van der Waals surface area contributed by atoms with E-state index in [0.29, 0.717) is 25.2 Å². The number of carbonyl (C=O) groups excluding carboxylic acids is 2. The molecule has 21 heavy (non-hydrogen) atoms. The largest absolute Gasteiger partial charge is 0.480 e. The summed E-state index contributed by atoms with van der Waals surface area (Å²) in [7, 11) is 0. The third-order valence-electron chi connectivity index (χ3n) is 3.55. The molecule has 1 aromatic heterocycles. The number of carboxylic acid groups (broad SMARTS) is 1. The number of amides is 1. The zero-order valence-corrected chi connectivity index (χ0v) is 11.7. The highest BCUT2D eigenvalue weighted by Gasteiger charge is 2.31. The van der Waals surface area contributed by atoms with Crippen LogP contribution in [0.2, 0.25) is 0 Å². The molecule has 1 amide bonds. The number of ketones is 1. The van der Waals surface area contributed by atoms with Crippen LogP contribution in [0.5, 0.6) is 0 Å². The number of nitrogens with one attached hydrogen (secondary N) is 2. The van der Waals surface area contributed by atoms with Gasteiger partial charge in [0, 0.05) is 24.3 Å². The van der Waals surface area contributed by atoms with E-state index in [2.05, 4.69) is 10.3 Å². The van der Waals surface area contributed by atoms with Gasteiger partial charge in [-0.05, 0) is 25.8 Å². The van der Waals surface area contributed by atoms with E-state index in [1.54, 1.807) is 0 Å². The van der Waals surface area contributed by atoms with Crippen molar-refractivity contribution >= 4 is 17.7 Å². The number of H-pyrrole nitrogens is 1. The van der Waals surface area contributed by atoms with Crippen molar-refractivity contribution in [2.75, 3.05) is 13.2 Å². The van der Waals surface area contributed by atoms with Crippen molar-refractivity contribution in [3.8, 4) is 0 Å². The minimum Gasteiger partial charge on any atom is -0.480 e. The summed E-state index contributed by atoms with van der Waals surface area (Å²) in [6.07, 6.45) is 2.90. The molecule has 2 atom stereocenters. The maximum atomic E-state index is 12.1. The van der Waals surface area contributed by atoms with E-state index >= 15 is 0 Å². The van der Waals surface area contributed by atoms with Gasteiger partial charge in [0.15, 0.2) is 5.78 Å². The molecule has 0 aliphatic carbocycles. The second-order valence-corrected chi connectivity index (χ2v) is 5.12. The Morgan fingerprint density at radius 3 is 2.76 bits per heavy atom. The summed E-state index contributed by atoms with van der Waals surface area (Å²) in [6.45, 7) is 2.33. The molecule has 1 saturated heterocycles. The lowest BCUT2D eigenvalue weighted by molar-refractivity contribution is -0.142. The Balaban J connectivity index is 2.06. The van der Waals surface area contributed by atoms with Crippen LogP contribution in [-0.2, 0) is 9.53 Å². The van der Waals surface area contributed by atoms with E-state index in [4.69, 9.17) is 4.74 Å². The number of ether oxygens (including phenoxy) is 1. The number of hydrogen-bond acceptors (Lipinski definition) is 4. The van der Waals surface area contributed by atoms with Crippen molar-refractivity contribution in [2.24, 2.45) is 5.92 Å². The summed E-state index contributed by atoms with van der Waals surface area (Å²) >= 11 is 0. The van der Waals surface area contributed by atoms with Gasteiger partial charge < -0.3 is 20.1 Å². The van der Waals surface area contributed by atoms with Gasteiger partial charge in [0.05, 0.1) is 6.61 Å². The summed E-state index contributed by atoms with van der Waals surface area (Å²) < 4.78 is 5.27. The predicted molar refractivity (Wildman–Crippen MR) is 73.2 cm³/mol. The van der Waals surface area contributed by atoms with Gasteiger partial charge in [-0.3, -0.25) is 9.59 Å². The molecule has 1 aliphatic heterocycles. The second kappa shape index (κ2) is 6.53. The first-order chi connectivity index (χ1) is 9.99. The van der Waals surface area contributed by atoms with Crippen LogP contribution in [0, 0.1) is 5.92 Å². The third-order valence-corrected chi connectivity index (χ3v) is 3.55. The summed E-state index contributed by atoms with van der Waals surface area (Å²) in [5, 5.41) is 11.8.